The Hall–Kier alpha value is -3.01. The van der Waals surface area contributed by atoms with Crippen molar-refractivity contribution in [3.8, 4) is 17.3 Å². The number of rotatable bonds is 4. The van der Waals surface area contributed by atoms with E-state index in [4.69, 9.17) is 5.26 Å². The van der Waals surface area contributed by atoms with E-state index in [0.717, 1.165) is 5.56 Å². The number of hydrogen-bond donors (Lipinski definition) is 2. The molecule has 7 nitrogen and oxygen atoms in total. The summed E-state index contributed by atoms with van der Waals surface area (Å²) >= 11 is 0. The van der Waals surface area contributed by atoms with Gasteiger partial charge in [-0.2, -0.15) is 10.4 Å². The Morgan fingerprint density at radius 1 is 1.38 bits per heavy atom. The van der Waals surface area contributed by atoms with Crippen LogP contribution in [-0.2, 0) is 0 Å². The number of carbonyl (C=O) groups is 1. The predicted octanol–water partition coefficient (Wildman–Crippen LogP) is 1.82. The number of nitrogens with zero attached hydrogens (tertiary/aromatic N) is 4. The number of aromatic nitrogens is 3. The van der Waals surface area contributed by atoms with E-state index in [1.54, 1.807) is 6.92 Å². The van der Waals surface area contributed by atoms with Gasteiger partial charge in [0.05, 0.1) is 23.9 Å². The summed E-state index contributed by atoms with van der Waals surface area (Å²) in [6.45, 7) is 1.97. The van der Waals surface area contributed by atoms with Crippen molar-refractivity contribution in [1.82, 2.24) is 20.5 Å². The van der Waals surface area contributed by atoms with Gasteiger partial charge in [-0.3, -0.25) is 5.32 Å². The monoisotopic (exact) mass is 282 g/mol. The molecular formula is C14H14N6O. The molecule has 0 aliphatic heterocycles. The van der Waals surface area contributed by atoms with Crippen LogP contribution in [0, 0.1) is 17.2 Å². The molecule has 7 heteroatoms. The number of nitrogens with one attached hydrogen (secondary N) is 2. The Morgan fingerprint density at radius 3 is 2.86 bits per heavy atom. The minimum absolute atomic E-state index is 0.110. The van der Waals surface area contributed by atoms with E-state index < -0.39 is 6.03 Å². The van der Waals surface area contributed by atoms with Crippen molar-refractivity contribution >= 4 is 12.0 Å². The summed E-state index contributed by atoms with van der Waals surface area (Å²) in [4.78, 5) is 15.9. The minimum atomic E-state index is -0.468. The van der Waals surface area contributed by atoms with E-state index in [1.165, 1.54) is 6.20 Å². The molecule has 106 valence electrons. The zero-order valence-electron chi connectivity index (χ0n) is 11.4. The van der Waals surface area contributed by atoms with Crippen molar-refractivity contribution in [2.45, 2.75) is 6.92 Å². The number of hydrogen-bond acceptors (Lipinski definition) is 5. The molecule has 1 aromatic heterocycles. The van der Waals surface area contributed by atoms with Crippen LogP contribution in [0.15, 0.2) is 36.5 Å². The molecule has 21 heavy (non-hydrogen) atoms. The number of anilines is 1. The van der Waals surface area contributed by atoms with Crippen LogP contribution in [0.5, 0.6) is 0 Å². The lowest BCUT2D eigenvalue weighted by Crippen LogP contribution is -2.32. The average Bonchev–Trinajstić information content (AvgIpc) is 2.53. The SMILES string of the molecule is C[C@H](C#N)CNC(=O)Nc1nncc(-c2ccccc2)n1. The molecule has 0 fully saturated rings. The number of nitriles is 1. The maximum Gasteiger partial charge on any atom is 0.321 e. The Morgan fingerprint density at radius 2 is 2.14 bits per heavy atom. The normalized spacial score (nSPS) is 11.2. The zero-order valence-corrected chi connectivity index (χ0v) is 11.4. The maximum absolute atomic E-state index is 11.6. The van der Waals surface area contributed by atoms with Gasteiger partial charge in [-0.15, -0.1) is 5.10 Å². The van der Waals surface area contributed by atoms with Crippen molar-refractivity contribution in [2.24, 2.45) is 5.92 Å². The van der Waals surface area contributed by atoms with Gasteiger partial charge in [0.2, 0.25) is 0 Å². The van der Waals surface area contributed by atoms with Crippen LogP contribution in [0.25, 0.3) is 11.3 Å². The summed E-state index contributed by atoms with van der Waals surface area (Å²) in [5, 5.41) is 21.3. The lowest BCUT2D eigenvalue weighted by Gasteiger charge is -2.07. The highest BCUT2D eigenvalue weighted by molar-refractivity contribution is 5.87. The third-order valence-electron chi connectivity index (χ3n) is 2.64. The highest BCUT2D eigenvalue weighted by Gasteiger charge is 2.08. The van der Waals surface area contributed by atoms with Crippen LogP contribution in [0.3, 0.4) is 0 Å². The molecule has 1 atom stereocenters. The summed E-state index contributed by atoms with van der Waals surface area (Å²) < 4.78 is 0. The summed E-state index contributed by atoms with van der Waals surface area (Å²) in [6, 6.07) is 11.0. The smallest absolute Gasteiger partial charge is 0.321 e. The first kappa shape index (κ1) is 14.4. The van der Waals surface area contributed by atoms with Gasteiger partial charge in [-0.1, -0.05) is 30.3 Å². The van der Waals surface area contributed by atoms with Gasteiger partial charge in [-0.25, -0.2) is 9.78 Å². The van der Waals surface area contributed by atoms with E-state index in [0.29, 0.717) is 5.69 Å². The fourth-order valence-corrected chi connectivity index (χ4v) is 1.54. The van der Waals surface area contributed by atoms with Crippen LogP contribution < -0.4 is 10.6 Å². The van der Waals surface area contributed by atoms with Crippen LogP contribution in [-0.4, -0.2) is 27.8 Å². The van der Waals surface area contributed by atoms with E-state index in [-0.39, 0.29) is 18.4 Å². The van der Waals surface area contributed by atoms with Crippen molar-refractivity contribution in [3.63, 3.8) is 0 Å². The number of urea groups is 1. The summed E-state index contributed by atoms with van der Waals surface area (Å²) in [5.74, 6) is -0.149. The van der Waals surface area contributed by atoms with Crippen molar-refractivity contribution < 1.29 is 4.79 Å². The highest BCUT2D eigenvalue weighted by Crippen LogP contribution is 2.15. The highest BCUT2D eigenvalue weighted by atomic mass is 16.2. The predicted molar refractivity (Wildman–Crippen MR) is 77.1 cm³/mol. The van der Waals surface area contributed by atoms with Crippen LogP contribution in [0.2, 0.25) is 0 Å². The second kappa shape index (κ2) is 6.96. The Bertz CT molecular complexity index is 652. The average molecular weight is 282 g/mol. The van der Waals surface area contributed by atoms with Crippen LogP contribution >= 0.6 is 0 Å². The molecule has 0 bridgehead atoms. The molecule has 0 radical (unpaired) electrons. The van der Waals surface area contributed by atoms with E-state index >= 15 is 0 Å². The fourth-order valence-electron chi connectivity index (χ4n) is 1.54. The molecule has 1 aromatic carbocycles. The summed E-state index contributed by atoms with van der Waals surface area (Å²) in [6.07, 6.45) is 1.52. The van der Waals surface area contributed by atoms with E-state index in [2.05, 4.69) is 25.8 Å². The van der Waals surface area contributed by atoms with Gasteiger partial charge >= 0.3 is 6.03 Å². The number of carbonyl (C=O) groups excluding carboxylic acids is 1. The summed E-state index contributed by atoms with van der Waals surface area (Å²) in [5.41, 5.74) is 1.50. The molecule has 2 N–H and O–H groups in total. The van der Waals surface area contributed by atoms with Crippen LogP contribution in [0.1, 0.15) is 6.92 Å². The zero-order chi connectivity index (χ0) is 15.1. The molecule has 0 saturated carbocycles. The van der Waals surface area contributed by atoms with Crippen molar-refractivity contribution in [3.05, 3.63) is 36.5 Å². The lowest BCUT2D eigenvalue weighted by atomic mass is 10.2. The van der Waals surface area contributed by atoms with Gasteiger partial charge in [0.1, 0.15) is 0 Å². The van der Waals surface area contributed by atoms with Gasteiger partial charge in [0.15, 0.2) is 0 Å². The van der Waals surface area contributed by atoms with E-state index in [1.807, 2.05) is 36.4 Å². The second-order valence-electron chi connectivity index (χ2n) is 4.40. The molecule has 2 rings (SSSR count). The van der Waals surface area contributed by atoms with E-state index in [9.17, 15) is 4.79 Å². The molecule has 0 unspecified atom stereocenters. The quantitative estimate of drug-likeness (QED) is 0.890. The molecule has 0 saturated heterocycles. The molecule has 1 heterocycles. The Balaban J connectivity index is 2.02. The van der Waals surface area contributed by atoms with Crippen molar-refractivity contribution in [2.75, 3.05) is 11.9 Å². The minimum Gasteiger partial charge on any atom is -0.336 e. The lowest BCUT2D eigenvalue weighted by molar-refractivity contribution is 0.251. The third kappa shape index (κ3) is 4.24. The molecule has 2 aromatic rings. The van der Waals surface area contributed by atoms with Gasteiger partial charge in [0.25, 0.3) is 5.95 Å². The van der Waals surface area contributed by atoms with Crippen molar-refractivity contribution in [1.29, 1.82) is 5.26 Å². The largest absolute Gasteiger partial charge is 0.336 e. The van der Waals surface area contributed by atoms with Gasteiger partial charge in [-0.05, 0) is 6.92 Å². The molecule has 2 amide bonds. The maximum atomic E-state index is 11.6. The molecular weight excluding hydrogens is 268 g/mol. The third-order valence-corrected chi connectivity index (χ3v) is 2.64. The molecule has 0 aliphatic carbocycles. The number of amides is 2. The first-order valence-electron chi connectivity index (χ1n) is 6.38. The fraction of sp³-hybridized carbons (Fsp3) is 0.214. The Labute approximate surface area is 122 Å². The molecule has 0 aliphatic rings. The Kier molecular flexibility index (Phi) is 4.77. The van der Waals surface area contributed by atoms with Gasteiger partial charge in [0, 0.05) is 12.1 Å². The standard InChI is InChI=1S/C14H14N6O/c1-10(7-15)8-16-14(21)19-13-18-12(9-17-20-13)11-5-3-2-4-6-11/h2-6,9-10H,8H2,1H3,(H2,16,18,19,20,21)/t10-/m1/s1. The molecule has 0 spiro atoms. The first-order chi connectivity index (χ1) is 10.2. The van der Waals surface area contributed by atoms with Crippen LogP contribution in [0.4, 0.5) is 10.7 Å². The van der Waals surface area contributed by atoms with Gasteiger partial charge < -0.3 is 5.32 Å². The first-order valence-corrected chi connectivity index (χ1v) is 6.38. The topological polar surface area (TPSA) is 104 Å². The number of benzene rings is 1. The summed E-state index contributed by atoms with van der Waals surface area (Å²) in [7, 11) is 0. The second-order valence-corrected chi connectivity index (χ2v) is 4.40.